The first-order chi connectivity index (χ1) is 7.49. The number of carbonyl (C=O) groups is 1. The molecule has 0 fully saturated rings. The van der Waals surface area contributed by atoms with E-state index in [-0.39, 0.29) is 12.6 Å². The Balaban J connectivity index is 4.21. The van der Waals surface area contributed by atoms with Crippen molar-refractivity contribution in [1.82, 2.24) is 5.32 Å². The molecular formula is C10H21NO4Si. The summed E-state index contributed by atoms with van der Waals surface area (Å²) in [6.45, 7) is 7.54. The fourth-order valence-electron chi connectivity index (χ4n) is 1.22. The van der Waals surface area contributed by atoms with Gasteiger partial charge in [0.05, 0.1) is 0 Å². The molecule has 1 N–H and O–H groups in total. The van der Waals surface area contributed by atoms with Crippen molar-refractivity contribution in [2.24, 2.45) is 5.92 Å². The second-order valence-corrected chi connectivity index (χ2v) is 6.60. The van der Waals surface area contributed by atoms with Crippen molar-refractivity contribution in [1.29, 1.82) is 0 Å². The number of nitrogens with one attached hydrogen (secondary N) is 1. The van der Waals surface area contributed by atoms with Gasteiger partial charge in [0.15, 0.2) is 0 Å². The van der Waals surface area contributed by atoms with E-state index in [1.165, 1.54) is 6.08 Å². The molecule has 0 aromatic carbocycles. The Hall–Kier alpha value is -0.693. The fraction of sp³-hybridized carbons (Fsp3) is 0.700. The normalized spacial score (nSPS) is 11.6. The van der Waals surface area contributed by atoms with Crippen LogP contribution < -0.4 is 5.32 Å². The van der Waals surface area contributed by atoms with Crippen LogP contribution >= 0.6 is 0 Å². The molecule has 0 spiro atoms. The van der Waals surface area contributed by atoms with E-state index in [4.69, 9.17) is 13.3 Å². The van der Waals surface area contributed by atoms with E-state index < -0.39 is 8.80 Å². The van der Waals surface area contributed by atoms with Gasteiger partial charge in [-0.2, -0.15) is 0 Å². The summed E-state index contributed by atoms with van der Waals surface area (Å²) in [5.41, 5.74) is 0. The van der Waals surface area contributed by atoms with Crippen molar-refractivity contribution >= 4 is 14.7 Å². The van der Waals surface area contributed by atoms with Gasteiger partial charge in [-0.25, -0.2) is 0 Å². The molecule has 1 amide bonds. The van der Waals surface area contributed by atoms with Gasteiger partial charge in [-0.15, -0.1) is 0 Å². The van der Waals surface area contributed by atoms with E-state index in [2.05, 4.69) is 25.7 Å². The lowest BCUT2D eigenvalue weighted by atomic mass is 10.3. The third-order valence-corrected chi connectivity index (χ3v) is 5.15. The Morgan fingerprint density at radius 2 is 2.00 bits per heavy atom. The Bertz CT molecular complexity index is 229. The molecule has 94 valence electrons. The van der Waals surface area contributed by atoms with Crippen molar-refractivity contribution < 1.29 is 18.1 Å². The monoisotopic (exact) mass is 247 g/mol. The molecule has 6 heteroatoms. The van der Waals surface area contributed by atoms with Gasteiger partial charge in [0.2, 0.25) is 5.91 Å². The molecule has 0 saturated heterocycles. The third-order valence-electron chi connectivity index (χ3n) is 2.00. The number of hydrogen-bond donors (Lipinski definition) is 1. The highest BCUT2D eigenvalue weighted by Gasteiger charge is 2.39. The molecule has 0 unspecified atom stereocenters. The van der Waals surface area contributed by atoms with Gasteiger partial charge in [0.25, 0.3) is 0 Å². The lowest BCUT2D eigenvalue weighted by Gasteiger charge is -2.27. The first-order valence-electron chi connectivity index (χ1n) is 5.14. The van der Waals surface area contributed by atoms with Gasteiger partial charge < -0.3 is 18.6 Å². The van der Waals surface area contributed by atoms with Crippen molar-refractivity contribution in [3.05, 3.63) is 12.7 Å². The highest BCUT2D eigenvalue weighted by Crippen LogP contribution is 2.19. The van der Waals surface area contributed by atoms with E-state index in [1.807, 2.05) is 0 Å². The average molecular weight is 247 g/mol. The van der Waals surface area contributed by atoms with E-state index in [0.29, 0.717) is 12.0 Å². The lowest BCUT2D eigenvalue weighted by molar-refractivity contribution is -0.117. The van der Waals surface area contributed by atoms with Gasteiger partial charge in [0.1, 0.15) is 6.73 Å². The molecule has 0 aliphatic rings. The predicted octanol–water partition coefficient (Wildman–Crippen LogP) is 1.15. The maximum Gasteiger partial charge on any atom is 0.502 e. The van der Waals surface area contributed by atoms with Gasteiger partial charge in [-0.3, -0.25) is 4.79 Å². The molecule has 0 aliphatic carbocycles. The number of amides is 1. The zero-order valence-electron chi connectivity index (χ0n) is 10.4. The second kappa shape index (κ2) is 7.56. The third kappa shape index (κ3) is 5.41. The van der Waals surface area contributed by atoms with Gasteiger partial charge in [-0.05, 0) is 12.0 Å². The summed E-state index contributed by atoms with van der Waals surface area (Å²) in [7, 11) is 0.491. The minimum atomic E-state index is -2.64. The number of rotatable bonds is 8. The van der Waals surface area contributed by atoms with Crippen LogP contribution in [0.15, 0.2) is 12.7 Å². The van der Waals surface area contributed by atoms with Gasteiger partial charge >= 0.3 is 8.80 Å². The Morgan fingerprint density at radius 3 is 2.38 bits per heavy atom. The quantitative estimate of drug-likeness (QED) is 0.397. The van der Waals surface area contributed by atoms with Crippen LogP contribution in [0.4, 0.5) is 0 Å². The van der Waals surface area contributed by atoms with Crippen molar-refractivity contribution in [3.8, 4) is 0 Å². The molecule has 0 saturated carbocycles. The summed E-state index contributed by atoms with van der Waals surface area (Å²) < 4.78 is 16.2. The first kappa shape index (κ1) is 15.3. The Kier molecular flexibility index (Phi) is 7.23. The zero-order chi connectivity index (χ0) is 12.6. The standard InChI is InChI=1S/C10H21NO4Si/c1-6-10(12)11-8-15-16(13-4,14-5)7-9(2)3/h6,9H,1,7-8H2,2-5H3,(H,11,12). The second-order valence-electron chi connectivity index (χ2n) is 3.72. The molecule has 0 bridgehead atoms. The molecule has 0 aromatic rings. The minimum Gasteiger partial charge on any atom is -0.377 e. The molecule has 5 nitrogen and oxygen atoms in total. The van der Waals surface area contributed by atoms with E-state index in [1.54, 1.807) is 14.2 Å². The highest BCUT2D eigenvalue weighted by molar-refractivity contribution is 6.60. The molecule has 0 heterocycles. The predicted molar refractivity (Wildman–Crippen MR) is 63.7 cm³/mol. The Morgan fingerprint density at radius 1 is 1.44 bits per heavy atom. The van der Waals surface area contributed by atoms with Crippen molar-refractivity contribution in [3.63, 3.8) is 0 Å². The van der Waals surface area contributed by atoms with Crippen LogP contribution in [0.1, 0.15) is 13.8 Å². The van der Waals surface area contributed by atoms with E-state index in [0.717, 1.165) is 0 Å². The summed E-state index contributed by atoms with van der Waals surface area (Å²) in [5.74, 6) is 0.126. The minimum absolute atomic E-state index is 0.0749. The first-order valence-corrected chi connectivity index (χ1v) is 7.07. The summed E-state index contributed by atoms with van der Waals surface area (Å²) >= 11 is 0. The maximum atomic E-state index is 10.9. The van der Waals surface area contributed by atoms with E-state index in [9.17, 15) is 4.79 Å². The molecule has 16 heavy (non-hydrogen) atoms. The van der Waals surface area contributed by atoms with Crippen LogP contribution in [0.2, 0.25) is 6.04 Å². The topological polar surface area (TPSA) is 56.8 Å². The summed E-state index contributed by atoms with van der Waals surface area (Å²) in [6.07, 6.45) is 1.19. The summed E-state index contributed by atoms with van der Waals surface area (Å²) in [6, 6.07) is 0.712. The maximum absolute atomic E-state index is 10.9. The summed E-state index contributed by atoms with van der Waals surface area (Å²) in [4.78, 5) is 10.9. The largest absolute Gasteiger partial charge is 0.502 e. The van der Waals surface area contributed by atoms with Crippen molar-refractivity contribution in [2.75, 3.05) is 21.0 Å². The van der Waals surface area contributed by atoms with Crippen LogP contribution in [0.3, 0.4) is 0 Å². The van der Waals surface area contributed by atoms with Crippen LogP contribution in [-0.2, 0) is 18.1 Å². The SMILES string of the molecule is C=CC(=O)NCO[Si](CC(C)C)(OC)OC. The van der Waals surface area contributed by atoms with Gasteiger partial charge in [-0.1, -0.05) is 20.4 Å². The van der Waals surface area contributed by atoms with Crippen LogP contribution in [0.25, 0.3) is 0 Å². The van der Waals surface area contributed by atoms with Crippen LogP contribution in [0, 0.1) is 5.92 Å². The van der Waals surface area contributed by atoms with Crippen LogP contribution in [-0.4, -0.2) is 35.7 Å². The molecule has 0 aromatic heterocycles. The van der Waals surface area contributed by atoms with Crippen LogP contribution in [0.5, 0.6) is 0 Å². The van der Waals surface area contributed by atoms with Gasteiger partial charge in [0, 0.05) is 20.3 Å². The molecule has 0 atom stereocenters. The number of hydrogen-bond acceptors (Lipinski definition) is 4. The molecule has 0 rings (SSSR count). The fourth-order valence-corrected chi connectivity index (χ4v) is 3.36. The van der Waals surface area contributed by atoms with Crippen molar-refractivity contribution in [2.45, 2.75) is 19.9 Å². The smallest absolute Gasteiger partial charge is 0.377 e. The average Bonchev–Trinajstić information content (AvgIpc) is 2.26. The highest BCUT2D eigenvalue weighted by atomic mass is 28.4. The molecular weight excluding hydrogens is 226 g/mol. The lowest BCUT2D eigenvalue weighted by Crippen LogP contribution is -2.47. The Labute approximate surface area is 98.1 Å². The summed E-state index contributed by atoms with van der Waals surface area (Å²) in [5, 5.41) is 2.52. The van der Waals surface area contributed by atoms with E-state index >= 15 is 0 Å². The number of carbonyl (C=O) groups excluding carboxylic acids is 1. The molecule has 0 radical (unpaired) electrons. The zero-order valence-corrected chi connectivity index (χ0v) is 11.4. The molecule has 0 aliphatic heterocycles.